The van der Waals surface area contributed by atoms with E-state index in [9.17, 15) is 4.79 Å². The first-order valence-electron chi connectivity index (χ1n) is 10.4. The molecule has 2 N–H and O–H groups in total. The monoisotopic (exact) mass is 395 g/mol. The van der Waals surface area contributed by atoms with Crippen molar-refractivity contribution in [2.24, 2.45) is 0 Å². The first kappa shape index (κ1) is 19.8. The Balaban J connectivity index is 1.34. The van der Waals surface area contributed by atoms with Crippen LogP contribution in [0.4, 0.5) is 5.82 Å². The number of rotatable bonds is 6. The van der Waals surface area contributed by atoms with E-state index >= 15 is 0 Å². The number of aromatic nitrogens is 1. The lowest BCUT2D eigenvalue weighted by molar-refractivity contribution is 0.0383. The molecule has 1 aromatic carbocycles. The molecule has 2 aromatic rings. The van der Waals surface area contributed by atoms with Gasteiger partial charge in [0.15, 0.2) is 0 Å². The quantitative estimate of drug-likeness (QED) is 0.768. The highest BCUT2D eigenvalue weighted by Gasteiger charge is 2.22. The summed E-state index contributed by atoms with van der Waals surface area (Å²) in [5, 5.41) is 6.60. The second-order valence-electron chi connectivity index (χ2n) is 7.48. The van der Waals surface area contributed by atoms with E-state index in [1.807, 2.05) is 12.1 Å². The second-order valence-corrected chi connectivity index (χ2v) is 7.48. The number of amides is 1. The molecule has 1 aromatic heterocycles. The van der Waals surface area contributed by atoms with Crippen molar-refractivity contribution in [3.8, 4) is 0 Å². The fraction of sp³-hybridized carbons (Fsp3) is 0.455. The average molecular weight is 396 g/mol. The molecule has 29 heavy (non-hydrogen) atoms. The Morgan fingerprint density at radius 3 is 2.83 bits per heavy atom. The lowest BCUT2D eigenvalue weighted by Crippen LogP contribution is -2.46. The molecule has 0 spiro atoms. The molecule has 2 fully saturated rings. The molecule has 154 valence electrons. The van der Waals surface area contributed by atoms with Gasteiger partial charge >= 0.3 is 0 Å². The number of hydrogen-bond acceptors (Lipinski definition) is 6. The smallest absolute Gasteiger partial charge is 0.251 e. The molecule has 4 rings (SSSR count). The predicted molar refractivity (Wildman–Crippen MR) is 113 cm³/mol. The number of piperazine rings is 1. The molecule has 1 amide bonds. The van der Waals surface area contributed by atoms with Gasteiger partial charge in [0.05, 0.1) is 13.2 Å². The Morgan fingerprint density at radius 2 is 2.00 bits per heavy atom. The molecule has 0 bridgehead atoms. The van der Waals surface area contributed by atoms with Gasteiger partial charge in [-0.3, -0.25) is 9.69 Å². The Labute approximate surface area is 172 Å². The number of benzene rings is 1. The number of morpholine rings is 1. The third-order valence-electron chi connectivity index (χ3n) is 5.53. The number of anilines is 1. The van der Waals surface area contributed by atoms with Gasteiger partial charge in [0.2, 0.25) is 0 Å². The van der Waals surface area contributed by atoms with E-state index in [0.717, 1.165) is 58.3 Å². The largest absolute Gasteiger partial charge is 0.379 e. The van der Waals surface area contributed by atoms with Crippen LogP contribution in [0.25, 0.3) is 0 Å². The van der Waals surface area contributed by atoms with E-state index in [4.69, 9.17) is 4.74 Å². The summed E-state index contributed by atoms with van der Waals surface area (Å²) in [5.74, 6) is 0.810. The fourth-order valence-corrected chi connectivity index (χ4v) is 3.85. The van der Waals surface area contributed by atoms with Gasteiger partial charge in [-0.15, -0.1) is 0 Å². The summed E-state index contributed by atoms with van der Waals surface area (Å²) in [6, 6.07) is 14.4. The van der Waals surface area contributed by atoms with Gasteiger partial charge in [-0.25, -0.2) is 4.98 Å². The van der Waals surface area contributed by atoms with E-state index in [2.05, 4.69) is 49.7 Å². The van der Waals surface area contributed by atoms with Crippen LogP contribution in [0.2, 0.25) is 0 Å². The van der Waals surface area contributed by atoms with Crippen molar-refractivity contribution in [2.45, 2.75) is 6.04 Å². The van der Waals surface area contributed by atoms with Crippen LogP contribution in [-0.2, 0) is 4.74 Å². The number of ether oxygens (including phenoxy) is 1. The number of pyridine rings is 1. The standard InChI is InChI=1S/C22H29N5O2/c28-22(25-8-10-26-12-14-29-15-13-26)19-6-7-24-21(16-19)27-11-9-23-20(17-27)18-4-2-1-3-5-18/h1-7,16,20,23H,8-15,17H2,(H,25,28). The molecule has 0 aliphatic carbocycles. The molecule has 2 saturated heterocycles. The Morgan fingerprint density at radius 1 is 1.17 bits per heavy atom. The van der Waals surface area contributed by atoms with Gasteiger partial charge in [-0.2, -0.15) is 0 Å². The number of carbonyl (C=O) groups is 1. The molecule has 2 aliphatic rings. The molecule has 1 atom stereocenters. The first-order valence-corrected chi connectivity index (χ1v) is 10.4. The van der Waals surface area contributed by atoms with E-state index < -0.39 is 0 Å². The van der Waals surface area contributed by atoms with Gasteiger partial charge in [-0.05, 0) is 17.7 Å². The zero-order valence-electron chi connectivity index (χ0n) is 16.7. The van der Waals surface area contributed by atoms with Crippen LogP contribution in [0.5, 0.6) is 0 Å². The maximum Gasteiger partial charge on any atom is 0.251 e. The average Bonchev–Trinajstić information content (AvgIpc) is 2.80. The summed E-state index contributed by atoms with van der Waals surface area (Å²) in [4.78, 5) is 21.7. The number of carbonyl (C=O) groups excluding carboxylic acids is 1. The SMILES string of the molecule is O=C(NCCN1CCOCC1)c1ccnc(N2CCNC(c3ccccc3)C2)c1. The minimum Gasteiger partial charge on any atom is -0.379 e. The Bertz CT molecular complexity index is 795. The van der Waals surface area contributed by atoms with Crippen LogP contribution in [-0.4, -0.2) is 74.8 Å². The third kappa shape index (κ3) is 5.32. The molecule has 2 aliphatic heterocycles. The van der Waals surface area contributed by atoms with Gasteiger partial charge in [0.1, 0.15) is 5.82 Å². The number of hydrogen-bond donors (Lipinski definition) is 2. The molecule has 0 saturated carbocycles. The zero-order valence-corrected chi connectivity index (χ0v) is 16.7. The zero-order chi connectivity index (χ0) is 19.9. The van der Waals surface area contributed by atoms with Crippen molar-refractivity contribution in [1.29, 1.82) is 0 Å². The Hall–Kier alpha value is -2.48. The summed E-state index contributed by atoms with van der Waals surface area (Å²) in [7, 11) is 0. The van der Waals surface area contributed by atoms with Crippen LogP contribution >= 0.6 is 0 Å². The highest BCUT2D eigenvalue weighted by atomic mass is 16.5. The van der Waals surface area contributed by atoms with E-state index in [0.29, 0.717) is 12.1 Å². The minimum absolute atomic E-state index is 0.0448. The summed E-state index contributed by atoms with van der Waals surface area (Å²) in [6.07, 6.45) is 1.73. The normalized spacial score (nSPS) is 20.4. The van der Waals surface area contributed by atoms with Gasteiger partial charge in [0, 0.05) is 63.6 Å². The molecular weight excluding hydrogens is 366 g/mol. The summed E-state index contributed by atoms with van der Waals surface area (Å²) >= 11 is 0. The maximum absolute atomic E-state index is 12.6. The van der Waals surface area contributed by atoms with Crippen molar-refractivity contribution in [3.63, 3.8) is 0 Å². The molecule has 7 heteroatoms. The van der Waals surface area contributed by atoms with Crippen LogP contribution in [0.1, 0.15) is 22.0 Å². The van der Waals surface area contributed by atoms with Crippen LogP contribution in [0, 0.1) is 0 Å². The Kier molecular flexibility index (Phi) is 6.71. The van der Waals surface area contributed by atoms with E-state index in [1.165, 1.54) is 5.56 Å². The van der Waals surface area contributed by atoms with Crippen molar-refractivity contribution < 1.29 is 9.53 Å². The highest BCUT2D eigenvalue weighted by molar-refractivity contribution is 5.94. The topological polar surface area (TPSA) is 69.7 Å². The van der Waals surface area contributed by atoms with Gasteiger partial charge in [0.25, 0.3) is 5.91 Å². The number of nitrogens with one attached hydrogen (secondary N) is 2. The van der Waals surface area contributed by atoms with E-state index in [1.54, 1.807) is 12.3 Å². The van der Waals surface area contributed by atoms with E-state index in [-0.39, 0.29) is 11.9 Å². The number of nitrogens with zero attached hydrogens (tertiary/aromatic N) is 3. The molecule has 1 unspecified atom stereocenters. The van der Waals surface area contributed by atoms with Crippen LogP contribution in [0.15, 0.2) is 48.7 Å². The summed E-state index contributed by atoms with van der Waals surface area (Å²) < 4.78 is 5.36. The van der Waals surface area contributed by atoms with Crippen molar-refractivity contribution in [3.05, 3.63) is 59.8 Å². The first-order chi connectivity index (χ1) is 14.3. The lowest BCUT2D eigenvalue weighted by Gasteiger charge is -2.35. The molecule has 7 nitrogen and oxygen atoms in total. The molecule has 3 heterocycles. The van der Waals surface area contributed by atoms with Gasteiger partial charge < -0.3 is 20.3 Å². The fourth-order valence-electron chi connectivity index (χ4n) is 3.85. The van der Waals surface area contributed by atoms with Crippen LogP contribution < -0.4 is 15.5 Å². The molecule has 0 radical (unpaired) electrons. The lowest BCUT2D eigenvalue weighted by atomic mass is 10.0. The van der Waals surface area contributed by atoms with Crippen molar-refractivity contribution in [1.82, 2.24) is 20.5 Å². The molecular formula is C22H29N5O2. The van der Waals surface area contributed by atoms with Crippen molar-refractivity contribution in [2.75, 3.05) is 63.9 Å². The van der Waals surface area contributed by atoms with Crippen molar-refractivity contribution >= 4 is 11.7 Å². The summed E-state index contributed by atoms with van der Waals surface area (Å²) in [6.45, 7) is 7.49. The maximum atomic E-state index is 12.6. The minimum atomic E-state index is -0.0448. The highest BCUT2D eigenvalue weighted by Crippen LogP contribution is 2.21. The predicted octanol–water partition coefficient (Wildman–Crippen LogP) is 1.29. The second kappa shape index (κ2) is 9.82. The van der Waals surface area contributed by atoms with Crippen LogP contribution in [0.3, 0.4) is 0 Å². The third-order valence-corrected chi connectivity index (χ3v) is 5.53. The summed E-state index contributed by atoms with van der Waals surface area (Å²) in [5.41, 5.74) is 1.93. The van der Waals surface area contributed by atoms with Gasteiger partial charge in [-0.1, -0.05) is 30.3 Å².